The number of hydrogen-bond acceptors (Lipinski definition) is 3. The van der Waals surface area contributed by atoms with Crippen molar-refractivity contribution in [3.8, 4) is 5.75 Å². The SMILES string of the molecule is CC/C(=C(/c1ccc(OCCN(C)C)cc1)C1C=CC=C(O)C1)c1ccccc1. The van der Waals surface area contributed by atoms with Crippen molar-refractivity contribution >= 4 is 11.1 Å². The van der Waals surface area contributed by atoms with E-state index >= 15 is 0 Å². The van der Waals surface area contributed by atoms with Gasteiger partial charge in [-0.3, -0.25) is 0 Å². The molecule has 0 radical (unpaired) electrons. The van der Waals surface area contributed by atoms with E-state index in [0.717, 1.165) is 18.7 Å². The van der Waals surface area contributed by atoms with Gasteiger partial charge in [0.05, 0.1) is 5.76 Å². The summed E-state index contributed by atoms with van der Waals surface area (Å²) in [5, 5.41) is 10.1. The monoisotopic (exact) mass is 389 g/mol. The Kier molecular flexibility index (Phi) is 7.31. The molecule has 0 amide bonds. The molecule has 1 aliphatic rings. The molecule has 29 heavy (non-hydrogen) atoms. The Morgan fingerprint density at radius 3 is 2.38 bits per heavy atom. The number of ether oxygens (including phenoxy) is 1. The van der Waals surface area contributed by atoms with E-state index in [1.165, 1.54) is 22.3 Å². The van der Waals surface area contributed by atoms with E-state index in [-0.39, 0.29) is 5.92 Å². The second kappa shape index (κ2) is 10.1. The second-order valence-electron chi connectivity index (χ2n) is 7.64. The lowest BCUT2D eigenvalue weighted by Crippen LogP contribution is -2.19. The molecule has 1 aliphatic carbocycles. The van der Waals surface area contributed by atoms with Gasteiger partial charge < -0.3 is 14.7 Å². The first-order chi connectivity index (χ1) is 14.1. The van der Waals surface area contributed by atoms with Crippen molar-refractivity contribution in [2.24, 2.45) is 5.92 Å². The zero-order valence-electron chi connectivity index (χ0n) is 17.6. The van der Waals surface area contributed by atoms with Gasteiger partial charge in [0.15, 0.2) is 0 Å². The van der Waals surface area contributed by atoms with Crippen molar-refractivity contribution < 1.29 is 9.84 Å². The molecule has 1 atom stereocenters. The van der Waals surface area contributed by atoms with Gasteiger partial charge in [0, 0.05) is 18.9 Å². The molecular weight excluding hydrogens is 358 g/mol. The number of rotatable bonds is 8. The molecule has 152 valence electrons. The molecule has 3 heteroatoms. The molecule has 0 fully saturated rings. The fraction of sp³-hybridized carbons (Fsp3) is 0.308. The Hall–Kier alpha value is -2.78. The van der Waals surface area contributed by atoms with E-state index in [1.807, 2.05) is 38.4 Å². The van der Waals surface area contributed by atoms with Crippen molar-refractivity contribution in [2.45, 2.75) is 19.8 Å². The summed E-state index contributed by atoms with van der Waals surface area (Å²) in [5.74, 6) is 1.47. The molecular formula is C26H31NO2. The molecule has 0 saturated heterocycles. The Morgan fingerprint density at radius 1 is 1.03 bits per heavy atom. The molecule has 0 aliphatic heterocycles. The number of nitrogens with zero attached hydrogens (tertiary/aromatic N) is 1. The molecule has 0 heterocycles. The van der Waals surface area contributed by atoms with Crippen molar-refractivity contribution in [1.29, 1.82) is 0 Å². The highest BCUT2D eigenvalue weighted by atomic mass is 16.5. The van der Waals surface area contributed by atoms with Crippen LogP contribution in [0.1, 0.15) is 30.9 Å². The van der Waals surface area contributed by atoms with Crippen molar-refractivity contribution in [3.63, 3.8) is 0 Å². The van der Waals surface area contributed by atoms with E-state index in [9.17, 15) is 5.11 Å². The summed E-state index contributed by atoms with van der Waals surface area (Å²) in [6.07, 6.45) is 7.48. The Bertz CT molecular complexity index is 877. The molecule has 0 aromatic heterocycles. The van der Waals surface area contributed by atoms with Gasteiger partial charge in [0.1, 0.15) is 12.4 Å². The molecule has 3 nitrogen and oxygen atoms in total. The lowest BCUT2D eigenvalue weighted by molar-refractivity contribution is 0.261. The van der Waals surface area contributed by atoms with E-state index in [0.29, 0.717) is 18.8 Å². The molecule has 1 N–H and O–H groups in total. The van der Waals surface area contributed by atoms with Crippen molar-refractivity contribution in [1.82, 2.24) is 4.90 Å². The molecule has 0 saturated carbocycles. The van der Waals surface area contributed by atoms with Gasteiger partial charge in [-0.25, -0.2) is 0 Å². The van der Waals surface area contributed by atoms with Crippen LogP contribution in [0.25, 0.3) is 11.1 Å². The number of benzene rings is 2. The average Bonchev–Trinajstić information content (AvgIpc) is 2.73. The highest BCUT2D eigenvalue weighted by Crippen LogP contribution is 2.39. The summed E-state index contributed by atoms with van der Waals surface area (Å²) in [6.45, 7) is 3.76. The summed E-state index contributed by atoms with van der Waals surface area (Å²) in [4.78, 5) is 2.11. The first kappa shape index (κ1) is 20.9. The first-order valence-electron chi connectivity index (χ1n) is 10.3. The first-order valence-corrected chi connectivity index (χ1v) is 10.3. The summed E-state index contributed by atoms with van der Waals surface area (Å²) in [7, 11) is 4.09. The van der Waals surface area contributed by atoms with Crippen molar-refractivity contribution in [2.75, 3.05) is 27.2 Å². The molecule has 0 bridgehead atoms. The quantitative estimate of drug-likeness (QED) is 0.565. The molecule has 2 aromatic carbocycles. The molecule has 2 aromatic rings. The lowest BCUT2D eigenvalue weighted by Gasteiger charge is -2.24. The predicted molar refractivity (Wildman–Crippen MR) is 122 cm³/mol. The van der Waals surface area contributed by atoms with Gasteiger partial charge in [-0.1, -0.05) is 61.5 Å². The number of aliphatic hydroxyl groups is 1. The molecule has 1 unspecified atom stereocenters. The largest absolute Gasteiger partial charge is 0.512 e. The fourth-order valence-electron chi connectivity index (χ4n) is 3.74. The van der Waals surface area contributed by atoms with Gasteiger partial charge >= 0.3 is 0 Å². The summed E-state index contributed by atoms with van der Waals surface area (Å²) in [5.41, 5.74) is 5.00. The molecule has 3 rings (SSSR count). The average molecular weight is 390 g/mol. The summed E-state index contributed by atoms with van der Waals surface area (Å²) in [6, 6.07) is 18.9. The number of allylic oxidation sites excluding steroid dienone is 6. The topological polar surface area (TPSA) is 32.7 Å². The molecule has 0 spiro atoms. The minimum absolute atomic E-state index is 0.149. The van der Waals surface area contributed by atoms with Crippen molar-refractivity contribution in [3.05, 3.63) is 89.7 Å². The van der Waals surface area contributed by atoms with Crippen LogP contribution >= 0.6 is 0 Å². The third-order valence-corrected chi connectivity index (χ3v) is 5.21. The Morgan fingerprint density at radius 2 is 1.76 bits per heavy atom. The smallest absolute Gasteiger partial charge is 0.119 e. The van der Waals surface area contributed by atoms with Crippen LogP contribution in [-0.4, -0.2) is 37.3 Å². The summed E-state index contributed by atoms with van der Waals surface area (Å²) < 4.78 is 5.86. The maximum absolute atomic E-state index is 10.1. The van der Waals surface area contributed by atoms with E-state index < -0.39 is 0 Å². The standard InChI is InChI=1S/C26H31NO2/c1-4-25(20-9-6-5-7-10-20)26(22-11-8-12-23(28)19-22)21-13-15-24(16-14-21)29-18-17-27(2)3/h5-16,22,28H,4,17-19H2,1-3H3/b26-25+. The minimum atomic E-state index is 0.149. The van der Waals surface area contributed by atoms with Crippen LogP contribution < -0.4 is 4.74 Å². The van der Waals surface area contributed by atoms with Crippen LogP contribution in [0.2, 0.25) is 0 Å². The van der Waals surface area contributed by atoms with E-state index in [4.69, 9.17) is 4.74 Å². The minimum Gasteiger partial charge on any atom is -0.512 e. The van der Waals surface area contributed by atoms with E-state index in [2.05, 4.69) is 54.3 Å². The van der Waals surface area contributed by atoms with Gasteiger partial charge in [0.2, 0.25) is 0 Å². The summed E-state index contributed by atoms with van der Waals surface area (Å²) >= 11 is 0. The Balaban J connectivity index is 1.96. The van der Waals surface area contributed by atoms with Gasteiger partial charge in [-0.05, 0) is 61.0 Å². The third-order valence-electron chi connectivity index (χ3n) is 5.21. The maximum atomic E-state index is 10.1. The van der Waals surface area contributed by atoms with Crippen LogP contribution in [-0.2, 0) is 0 Å². The van der Waals surface area contributed by atoms with Crippen LogP contribution in [0.3, 0.4) is 0 Å². The number of hydrogen-bond donors (Lipinski definition) is 1. The van der Waals surface area contributed by atoms with Crippen LogP contribution in [0.5, 0.6) is 5.75 Å². The fourth-order valence-corrected chi connectivity index (χ4v) is 3.74. The zero-order valence-corrected chi connectivity index (χ0v) is 17.6. The van der Waals surface area contributed by atoms with Crippen LogP contribution in [0.15, 0.2) is 78.6 Å². The zero-order chi connectivity index (χ0) is 20.6. The van der Waals surface area contributed by atoms with Gasteiger partial charge in [-0.2, -0.15) is 0 Å². The Labute approximate surface area is 174 Å². The highest BCUT2D eigenvalue weighted by molar-refractivity contribution is 5.92. The van der Waals surface area contributed by atoms with Crippen LogP contribution in [0.4, 0.5) is 0 Å². The number of likely N-dealkylation sites (N-methyl/N-ethyl adjacent to an activating group) is 1. The lowest BCUT2D eigenvalue weighted by atomic mass is 9.81. The number of aliphatic hydroxyl groups excluding tert-OH is 1. The third kappa shape index (κ3) is 5.61. The van der Waals surface area contributed by atoms with Gasteiger partial charge in [-0.15, -0.1) is 0 Å². The van der Waals surface area contributed by atoms with Crippen LogP contribution in [0, 0.1) is 5.92 Å². The second-order valence-corrected chi connectivity index (χ2v) is 7.64. The maximum Gasteiger partial charge on any atom is 0.119 e. The predicted octanol–water partition coefficient (Wildman–Crippen LogP) is 5.97. The normalized spacial score (nSPS) is 17.1. The van der Waals surface area contributed by atoms with E-state index in [1.54, 1.807) is 6.08 Å². The van der Waals surface area contributed by atoms with Gasteiger partial charge in [0.25, 0.3) is 0 Å². The highest BCUT2D eigenvalue weighted by Gasteiger charge is 2.21.